The van der Waals surface area contributed by atoms with E-state index in [9.17, 15) is 4.39 Å². The maximum absolute atomic E-state index is 13.6. The summed E-state index contributed by atoms with van der Waals surface area (Å²) in [5, 5.41) is 11.4. The second kappa shape index (κ2) is 5.96. The van der Waals surface area contributed by atoms with Crippen molar-refractivity contribution < 1.29 is 9.13 Å². The van der Waals surface area contributed by atoms with Gasteiger partial charge in [0.15, 0.2) is 11.0 Å². The number of aromatic nitrogens is 2. The van der Waals surface area contributed by atoms with E-state index in [-0.39, 0.29) is 11.9 Å². The summed E-state index contributed by atoms with van der Waals surface area (Å²) in [5.74, 6) is 1.05. The highest BCUT2D eigenvalue weighted by Crippen LogP contribution is 2.37. The normalized spacial score (nSPS) is 15.0. The molecule has 1 aliphatic heterocycles. The Hall–Kier alpha value is -2.08. The SMILES string of the molecule is COc1ccc(F)cc1[C@@H](C)N1CCNc2nnc(Cl)cc21. The topological polar surface area (TPSA) is 50.3 Å². The van der Waals surface area contributed by atoms with Crippen LogP contribution in [0.3, 0.4) is 0 Å². The number of anilines is 2. The van der Waals surface area contributed by atoms with Gasteiger partial charge in [0.2, 0.25) is 0 Å². The quantitative estimate of drug-likeness (QED) is 0.940. The second-order valence-corrected chi connectivity index (χ2v) is 5.47. The van der Waals surface area contributed by atoms with Gasteiger partial charge in [0.1, 0.15) is 11.6 Å². The van der Waals surface area contributed by atoms with Crippen LogP contribution in [-0.4, -0.2) is 30.4 Å². The number of halogens is 2. The van der Waals surface area contributed by atoms with Crippen LogP contribution in [0, 0.1) is 5.82 Å². The van der Waals surface area contributed by atoms with Gasteiger partial charge in [-0.15, -0.1) is 10.2 Å². The van der Waals surface area contributed by atoms with E-state index >= 15 is 0 Å². The summed E-state index contributed by atoms with van der Waals surface area (Å²) in [6.45, 7) is 3.47. The van der Waals surface area contributed by atoms with Crippen LogP contribution in [0.2, 0.25) is 5.15 Å². The standard InChI is InChI=1S/C15H16ClFN4O/c1-9(11-7-10(17)3-4-13(11)22-2)21-6-5-18-15-12(21)8-14(16)19-20-15/h3-4,7-9H,5-6H2,1-2H3,(H,18,20)/t9-/m1/s1. The number of ether oxygens (including phenoxy) is 1. The number of benzene rings is 1. The van der Waals surface area contributed by atoms with Crippen molar-refractivity contribution in [1.82, 2.24) is 10.2 Å². The Bertz CT molecular complexity index is 697. The molecule has 5 nitrogen and oxygen atoms in total. The Balaban J connectivity index is 2.02. The highest BCUT2D eigenvalue weighted by Gasteiger charge is 2.26. The van der Waals surface area contributed by atoms with Crippen LogP contribution in [0.5, 0.6) is 5.75 Å². The van der Waals surface area contributed by atoms with Gasteiger partial charge in [-0.2, -0.15) is 0 Å². The Labute approximate surface area is 133 Å². The summed E-state index contributed by atoms with van der Waals surface area (Å²) in [6, 6.07) is 6.21. The first-order valence-corrected chi connectivity index (χ1v) is 7.35. The minimum atomic E-state index is -0.288. The van der Waals surface area contributed by atoms with Gasteiger partial charge < -0.3 is 15.0 Å². The molecule has 0 radical (unpaired) electrons. The number of hydrogen-bond acceptors (Lipinski definition) is 5. The third kappa shape index (κ3) is 2.66. The number of rotatable bonds is 3. The molecule has 7 heteroatoms. The van der Waals surface area contributed by atoms with Crippen molar-refractivity contribution in [1.29, 1.82) is 0 Å². The third-order valence-corrected chi connectivity index (χ3v) is 3.99. The Morgan fingerprint density at radius 3 is 2.95 bits per heavy atom. The summed E-state index contributed by atoms with van der Waals surface area (Å²) in [7, 11) is 1.58. The van der Waals surface area contributed by atoms with Crippen molar-refractivity contribution in [2.24, 2.45) is 0 Å². The summed E-state index contributed by atoms with van der Waals surface area (Å²) in [5.41, 5.74) is 1.63. The zero-order valence-corrected chi connectivity index (χ0v) is 13.1. The third-order valence-electron chi connectivity index (χ3n) is 3.81. The highest BCUT2D eigenvalue weighted by atomic mass is 35.5. The Morgan fingerprint density at radius 1 is 1.36 bits per heavy atom. The first-order chi connectivity index (χ1) is 10.6. The van der Waals surface area contributed by atoms with Crippen LogP contribution in [0.25, 0.3) is 0 Å². The predicted molar refractivity (Wildman–Crippen MR) is 84.2 cm³/mol. The average molecular weight is 323 g/mol. The number of methoxy groups -OCH3 is 1. The first-order valence-electron chi connectivity index (χ1n) is 6.97. The van der Waals surface area contributed by atoms with Gasteiger partial charge in [-0.3, -0.25) is 0 Å². The van der Waals surface area contributed by atoms with E-state index in [2.05, 4.69) is 20.4 Å². The van der Waals surface area contributed by atoms with Gasteiger partial charge in [-0.05, 0) is 25.1 Å². The van der Waals surface area contributed by atoms with E-state index in [0.29, 0.717) is 16.7 Å². The van der Waals surface area contributed by atoms with E-state index in [0.717, 1.165) is 24.3 Å². The van der Waals surface area contributed by atoms with Crippen LogP contribution in [0.15, 0.2) is 24.3 Å². The lowest BCUT2D eigenvalue weighted by Gasteiger charge is -2.36. The molecule has 1 aromatic heterocycles. The van der Waals surface area contributed by atoms with Crippen LogP contribution in [0.4, 0.5) is 15.9 Å². The van der Waals surface area contributed by atoms with E-state index in [1.165, 1.54) is 12.1 Å². The average Bonchev–Trinajstić information content (AvgIpc) is 2.53. The molecule has 116 valence electrons. The van der Waals surface area contributed by atoms with E-state index in [1.54, 1.807) is 19.2 Å². The van der Waals surface area contributed by atoms with Crippen molar-refractivity contribution in [2.75, 3.05) is 30.4 Å². The molecule has 0 saturated heterocycles. The van der Waals surface area contributed by atoms with Gasteiger partial charge in [0, 0.05) is 24.7 Å². The summed E-state index contributed by atoms with van der Waals surface area (Å²) in [6.07, 6.45) is 0. The van der Waals surface area contributed by atoms with Gasteiger partial charge >= 0.3 is 0 Å². The molecule has 0 spiro atoms. The lowest BCUT2D eigenvalue weighted by molar-refractivity contribution is 0.404. The second-order valence-electron chi connectivity index (χ2n) is 5.08. The molecule has 0 bridgehead atoms. The molecular formula is C15H16ClFN4O. The van der Waals surface area contributed by atoms with Crippen molar-refractivity contribution in [3.05, 3.63) is 40.8 Å². The van der Waals surface area contributed by atoms with Crippen LogP contribution < -0.4 is 15.0 Å². The zero-order valence-electron chi connectivity index (χ0n) is 12.3. The predicted octanol–water partition coefficient (Wildman–Crippen LogP) is 3.27. The van der Waals surface area contributed by atoms with E-state index in [1.807, 2.05) is 6.92 Å². The van der Waals surface area contributed by atoms with E-state index < -0.39 is 0 Å². The van der Waals surface area contributed by atoms with Gasteiger partial charge in [0.05, 0.1) is 18.8 Å². The Morgan fingerprint density at radius 2 is 2.18 bits per heavy atom. The van der Waals surface area contributed by atoms with E-state index in [4.69, 9.17) is 16.3 Å². The minimum Gasteiger partial charge on any atom is -0.496 e. The molecule has 1 atom stereocenters. The molecule has 22 heavy (non-hydrogen) atoms. The van der Waals surface area contributed by atoms with Crippen molar-refractivity contribution in [2.45, 2.75) is 13.0 Å². The number of hydrogen-bond donors (Lipinski definition) is 1. The largest absolute Gasteiger partial charge is 0.496 e. The van der Waals surface area contributed by atoms with Gasteiger partial charge in [-0.1, -0.05) is 11.6 Å². The summed E-state index contributed by atoms with van der Waals surface area (Å²) >= 11 is 5.96. The first kappa shape index (κ1) is 14.8. The smallest absolute Gasteiger partial charge is 0.172 e. The highest BCUT2D eigenvalue weighted by molar-refractivity contribution is 6.29. The maximum Gasteiger partial charge on any atom is 0.172 e. The molecule has 0 amide bonds. The molecule has 3 rings (SSSR count). The fourth-order valence-corrected chi connectivity index (χ4v) is 2.86. The van der Waals surface area contributed by atoms with Crippen LogP contribution in [-0.2, 0) is 0 Å². The molecule has 0 aliphatic carbocycles. The molecule has 0 saturated carbocycles. The fraction of sp³-hybridized carbons (Fsp3) is 0.333. The molecule has 1 aromatic carbocycles. The lowest BCUT2D eigenvalue weighted by Crippen LogP contribution is -2.36. The molecule has 0 unspecified atom stereocenters. The van der Waals surface area contributed by atoms with Crippen molar-refractivity contribution in [3.8, 4) is 5.75 Å². The Kier molecular flexibility index (Phi) is 4.02. The number of nitrogens with one attached hydrogen (secondary N) is 1. The monoisotopic (exact) mass is 322 g/mol. The maximum atomic E-state index is 13.6. The zero-order chi connectivity index (χ0) is 15.7. The molecular weight excluding hydrogens is 307 g/mol. The molecule has 1 aliphatic rings. The molecule has 2 heterocycles. The lowest BCUT2D eigenvalue weighted by atomic mass is 10.0. The van der Waals surface area contributed by atoms with Crippen molar-refractivity contribution in [3.63, 3.8) is 0 Å². The number of fused-ring (bicyclic) bond motifs is 1. The molecule has 0 fully saturated rings. The molecule has 1 N–H and O–H groups in total. The van der Waals surface area contributed by atoms with Gasteiger partial charge in [0.25, 0.3) is 0 Å². The van der Waals surface area contributed by atoms with Crippen LogP contribution in [0.1, 0.15) is 18.5 Å². The summed E-state index contributed by atoms with van der Waals surface area (Å²) in [4.78, 5) is 2.11. The van der Waals surface area contributed by atoms with Crippen LogP contribution >= 0.6 is 11.6 Å². The summed E-state index contributed by atoms with van der Waals surface area (Å²) < 4.78 is 19.0. The van der Waals surface area contributed by atoms with Gasteiger partial charge in [-0.25, -0.2) is 4.39 Å². The number of nitrogens with zero attached hydrogens (tertiary/aromatic N) is 3. The molecule has 2 aromatic rings. The minimum absolute atomic E-state index is 0.0910. The van der Waals surface area contributed by atoms with Crippen molar-refractivity contribution >= 4 is 23.1 Å². The fourth-order valence-electron chi connectivity index (χ4n) is 2.72.